The Morgan fingerprint density at radius 3 is 3.08 bits per heavy atom. The molecule has 0 amide bonds. The average molecular weight is 175 g/mol. The Bertz CT molecular complexity index is 315. The number of hydrogen-bond donors (Lipinski definition) is 2. The van der Waals surface area contributed by atoms with Crippen molar-refractivity contribution in [3.8, 4) is 6.07 Å². The van der Waals surface area contributed by atoms with Crippen LogP contribution in [0.5, 0.6) is 0 Å². The number of nitriles is 1. The molecule has 2 rings (SSSR count). The fourth-order valence-electron chi connectivity index (χ4n) is 1.83. The molecular formula is C10H13N3. The van der Waals surface area contributed by atoms with Crippen LogP contribution in [0.25, 0.3) is 0 Å². The smallest absolute Gasteiger partial charge is 0.101 e. The van der Waals surface area contributed by atoms with Gasteiger partial charge in [-0.2, -0.15) is 5.26 Å². The molecule has 2 N–H and O–H groups in total. The molecule has 13 heavy (non-hydrogen) atoms. The third kappa shape index (κ3) is 1.73. The molecule has 1 aromatic heterocycles. The molecule has 0 aromatic carbocycles. The second-order valence-electron chi connectivity index (χ2n) is 3.50. The van der Waals surface area contributed by atoms with Crippen molar-refractivity contribution in [1.29, 1.82) is 5.26 Å². The van der Waals surface area contributed by atoms with Gasteiger partial charge in [0.2, 0.25) is 0 Å². The zero-order chi connectivity index (χ0) is 9.10. The Hall–Kier alpha value is -1.27. The maximum absolute atomic E-state index is 8.66. The average Bonchev–Trinajstić information content (AvgIpc) is 2.67. The predicted molar refractivity (Wildman–Crippen MR) is 50.4 cm³/mol. The summed E-state index contributed by atoms with van der Waals surface area (Å²) in [6.45, 7) is 2.16. The summed E-state index contributed by atoms with van der Waals surface area (Å²) < 4.78 is 0. The summed E-state index contributed by atoms with van der Waals surface area (Å²) in [7, 11) is 0. The van der Waals surface area contributed by atoms with Crippen molar-refractivity contribution < 1.29 is 0 Å². The van der Waals surface area contributed by atoms with E-state index in [-0.39, 0.29) is 0 Å². The molecule has 1 saturated heterocycles. The normalized spacial score (nSPS) is 22.5. The molecule has 1 aliphatic rings. The van der Waals surface area contributed by atoms with Crippen molar-refractivity contribution in [3.05, 3.63) is 23.5 Å². The number of nitrogens with zero attached hydrogens (tertiary/aromatic N) is 1. The lowest BCUT2D eigenvalue weighted by Crippen LogP contribution is -2.28. The third-order valence-electron chi connectivity index (χ3n) is 2.57. The van der Waals surface area contributed by atoms with Gasteiger partial charge in [0.05, 0.1) is 5.56 Å². The maximum Gasteiger partial charge on any atom is 0.101 e. The highest BCUT2D eigenvalue weighted by molar-refractivity contribution is 5.30. The molecule has 1 aliphatic heterocycles. The topological polar surface area (TPSA) is 51.6 Å². The molecule has 68 valence electrons. The fraction of sp³-hybridized carbons (Fsp3) is 0.500. The van der Waals surface area contributed by atoms with Gasteiger partial charge in [0, 0.05) is 24.4 Å². The van der Waals surface area contributed by atoms with Gasteiger partial charge >= 0.3 is 0 Å². The largest absolute Gasteiger partial charge is 0.363 e. The molecular weight excluding hydrogens is 162 g/mol. The van der Waals surface area contributed by atoms with Crippen LogP contribution in [0.4, 0.5) is 0 Å². The Kier molecular flexibility index (Phi) is 2.33. The first-order valence-electron chi connectivity index (χ1n) is 4.69. The zero-order valence-corrected chi connectivity index (χ0v) is 7.51. The monoisotopic (exact) mass is 175 g/mol. The molecule has 1 unspecified atom stereocenters. The third-order valence-corrected chi connectivity index (χ3v) is 2.57. The van der Waals surface area contributed by atoms with Crippen molar-refractivity contribution in [1.82, 2.24) is 10.3 Å². The summed E-state index contributed by atoms with van der Waals surface area (Å²) in [6, 6.07) is 4.09. The lowest BCUT2D eigenvalue weighted by atomic mass is 9.96. The van der Waals surface area contributed by atoms with E-state index in [0.29, 0.717) is 5.92 Å². The van der Waals surface area contributed by atoms with Crippen LogP contribution in [-0.4, -0.2) is 18.1 Å². The highest BCUT2D eigenvalue weighted by Gasteiger charge is 2.16. The van der Waals surface area contributed by atoms with Gasteiger partial charge in [-0.15, -0.1) is 0 Å². The summed E-state index contributed by atoms with van der Waals surface area (Å²) >= 11 is 0. The maximum atomic E-state index is 8.66. The van der Waals surface area contributed by atoms with E-state index < -0.39 is 0 Å². The number of nitrogens with one attached hydrogen (secondary N) is 2. The second-order valence-corrected chi connectivity index (χ2v) is 3.50. The molecule has 0 aliphatic carbocycles. The van der Waals surface area contributed by atoms with Crippen LogP contribution in [0.3, 0.4) is 0 Å². The van der Waals surface area contributed by atoms with Gasteiger partial charge in [0.15, 0.2) is 0 Å². The predicted octanol–water partition coefficient (Wildman–Crippen LogP) is 1.35. The molecule has 1 fully saturated rings. The molecule has 0 saturated carbocycles. The van der Waals surface area contributed by atoms with E-state index >= 15 is 0 Å². The summed E-state index contributed by atoms with van der Waals surface area (Å²) in [5.41, 5.74) is 1.93. The first-order chi connectivity index (χ1) is 6.40. The van der Waals surface area contributed by atoms with Crippen LogP contribution >= 0.6 is 0 Å². The van der Waals surface area contributed by atoms with Crippen LogP contribution < -0.4 is 5.32 Å². The van der Waals surface area contributed by atoms with Gasteiger partial charge in [0.1, 0.15) is 6.07 Å². The summed E-state index contributed by atoms with van der Waals surface area (Å²) in [5, 5.41) is 12.0. The minimum Gasteiger partial charge on any atom is -0.363 e. The highest BCUT2D eigenvalue weighted by atomic mass is 14.9. The molecule has 1 aromatic rings. The quantitative estimate of drug-likeness (QED) is 0.677. The van der Waals surface area contributed by atoms with E-state index in [1.165, 1.54) is 18.5 Å². The van der Waals surface area contributed by atoms with Gasteiger partial charge in [-0.3, -0.25) is 0 Å². The molecule has 0 radical (unpaired) electrons. The van der Waals surface area contributed by atoms with E-state index in [1.807, 2.05) is 6.07 Å². The molecule has 0 bridgehead atoms. The fourth-order valence-corrected chi connectivity index (χ4v) is 1.83. The molecule has 3 nitrogen and oxygen atoms in total. The second kappa shape index (κ2) is 3.63. The highest BCUT2D eigenvalue weighted by Crippen LogP contribution is 2.22. The van der Waals surface area contributed by atoms with E-state index in [2.05, 4.69) is 16.4 Å². The van der Waals surface area contributed by atoms with E-state index in [0.717, 1.165) is 18.7 Å². The number of H-pyrrole nitrogens is 1. The number of rotatable bonds is 1. The lowest BCUT2D eigenvalue weighted by molar-refractivity contribution is 0.456. The Balaban J connectivity index is 2.11. The van der Waals surface area contributed by atoms with E-state index in [4.69, 9.17) is 5.26 Å². The van der Waals surface area contributed by atoms with Gasteiger partial charge in [0.25, 0.3) is 0 Å². The number of hydrogen-bond acceptors (Lipinski definition) is 2. The van der Waals surface area contributed by atoms with Gasteiger partial charge in [-0.05, 0) is 25.5 Å². The van der Waals surface area contributed by atoms with Gasteiger partial charge in [-0.1, -0.05) is 0 Å². The summed E-state index contributed by atoms with van der Waals surface area (Å²) in [5.74, 6) is 0.566. The van der Waals surface area contributed by atoms with Crippen molar-refractivity contribution in [2.45, 2.75) is 18.8 Å². The van der Waals surface area contributed by atoms with Gasteiger partial charge < -0.3 is 10.3 Å². The minimum atomic E-state index is 0.566. The number of aromatic nitrogens is 1. The van der Waals surface area contributed by atoms with Gasteiger partial charge in [-0.25, -0.2) is 0 Å². The minimum absolute atomic E-state index is 0.566. The van der Waals surface area contributed by atoms with Crippen molar-refractivity contribution in [2.75, 3.05) is 13.1 Å². The first kappa shape index (κ1) is 8.33. The SMILES string of the molecule is N#Cc1c[nH]c(C2CCCNC2)c1. The summed E-state index contributed by atoms with van der Waals surface area (Å²) in [4.78, 5) is 3.16. The number of piperidine rings is 1. The molecule has 3 heteroatoms. The number of aromatic amines is 1. The van der Waals surface area contributed by atoms with Crippen LogP contribution in [-0.2, 0) is 0 Å². The molecule has 0 spiro atoms. The van der Waals surface area contributed by atoms with E-state index in [1.54, 1.807) is 6.20 Å². The zero-order valence-electron chi connectivity index (χ0n) is 7.51. The Labute approximate surface area is 77.8 Å². The van der Waals surface area contributed by atoms with Crippen molar-refractivity contribution in [3.63, 3.8) is 0 Å². The first-order valence-corrected chi connectivity index (χ1v) is 4.69. The van der Waals surface area contributed by atoms with Crippen molar-refractivity contribution in [2.24, 2.45) is 0 Å². The van der Waals surface area contributed by atoms with Crippen molar-refractivity contribution >= 4 is 0 Å². The van der Waals surface area contributed by atoms with Crippen LogP contribution in [0.1, 0.15) is 30.0 Å². The Morgan fingerprint density at radius 2 is 2.46 bits per heavy atom. The van der Waals surface area contributed by atoms with E-state index in [9.17, 15) is 0 Å². The van der Waals surface area contributed by atoms with Crippen LogP contribution in [0.15, 0.2) is 12.3 Å². The lowest BCUT2D eigenvalue weighted by Gasteiger charge is -2.21. The molecule has 2 heterocycles. The molecule has 1 atom stereocenters. The Morgan fingerprint density at radius 1 is 1.54 bits per heavy atom. The van der Waals surface area contributed by atoms with Crippen LogP contribution in [0.2, 0.25) is 0 Å². The standard InChI is InChI=1S/C10H13N3/c11-5-8-4-10(13-6-8)9-2-1-3-12-7-9/h4,6,9,12-13H,1-3,7H2. The summed E-state index contributed by atoms with van der Waals surface area (Å²) in [6.07, 6.45) is 4.23. The van der Waals surface area contributed by atoms with Crippen LogP contribution in [0, 0.1) is 11.3 Å².